The summed E-state index contributed by atoms with van der Waals surface area (Å²) in [6.07, 6.45) is -0.439. The minimum absolute atomic E-state index is 0.208. The van der Waals surface area contributed by atoms with Gasteiger partial charge in [0.15, 0.2) is 6.10 Å². The van der Waals surface area contributed by atoms with Crippen LogP contribution >= 0.6 is 0 Å². The minimum atomic E-state index is -0.575. The second-order valence-electron chi connectivity index (χ2n) is 10.9. The van der Waals surface area contributed by atoms with E-state index in [0.717, 1.165) is 22.3 Å². The van der Waals surface area contributed by atoms with Gasteiger partial charge in [-0.05, 0) is 30.3 Å². The highest BCUT2D eigenvalue weighted by Crippen LogP contribution is 2.42. The number of hydrogen-bond acceptors (Lipinski definition) is 13. The van der Waals surface area contributed by atoms with Gasteiger partial charge in [-0.25, -0.2) is 5.48 Å². The predicted molar refractivity (Wildman–Crippen MR) is 175 cm³/mol. The van der Waals surface area contributed by atoms with Gasteiger partial charge in [-0.15, -0.1) is 0 Å². The first-order valence-corrected chi connectivity index (χ1v) is 16.2. The molecular formula is C34H49N3O11. The van der Waals surface area contributed by atoms with Crippen molar-refractivity contribution in [2.24, 2.45) is 0 Å². The van der Waals surface area contributed by atoms with Gasteiger partial charge < -0.3 is 42.3 Å². The Balaban J connectivity index is 1.30. The number of carbonyl (C=O) groups is 1. The summed E-state index contributed by atoms with van der Waals surface area (Å²) in [5.74, 6) is 0.843. The number of nitrogens with zero attached hydrogens (tertiary/aromatic N) is 1. The summed E-state index contributed by atoms with van der Waals surface area (Å²) < 4.78 is 51.0. The number of amides is 1. The first-order valence-electron chi connectivity index (χ1n) is 16.2. The van der Waals surface area contributed by atoms with E-state index in [-0.39, 0.29) is 12.3 Å². The topological polar surface area (TPSA) is 155 Å². The standard InChI is InChI=1S/C34H49N3O11/c1-40-17-19-44-23-21-42-15-12-37(13-16-43-22-24-45-20-18-41-2)25-29-28-5-3-4-6-30(28)47-31(29)32-34(48-32)35-11-14-46-27-9-7-26(8-10-27)33(38)36-39/h3-10,32,34-35,39H,11-25H2,1-2H3,(H,36,38). The molecule has 48 heavy (non-hydrogen) atoms. The van der Waals surface area contributed by atoms with Gasteiger partial charge in [0.1, 0.15) is 29.9 Å². The smallest absolute Gasteiger partial charge is 0.274 e. The molecule has 2 unspecified atom stereocenters. The molecule has 1 amide bonds. The van der Waals surface area contributed by atoms with Crippen molar-refractivity contribution >= 4 is 16.9 Å². The van der Waals surface area contributed by atoms with Crippen LogP contribution in [0.3, 0.4) is 0 Å². The molecule has 1 aromatic heterocycles. The summed E-state index contributed by atoms with van der Waals surface area (Å²) in [6.45, 7) is 8.29. The molecule has 3 N–H and O–H groups in total. The Kier molecular flexibility index (Phi) is 17.1. The third-order valence-electron chi connectivity index (χ3n) is 7.51. The maximum absolute atomic E-state index is 11.5. The number of furan rings is 1. The molecule has 2 heterocycles. The summed E-state index contributed by atoms with van der Waals surface area (Å²) in [4.78, 5) is 13.8. The van der Waals surface area contributed by atoms with E-state index in [0.29, 0.717) is 110 Å². The number of carbonyl (C=O) groups excluding carboxylic acids is 1. The average molecular weight is 676 g/mol. The molecule has 266 valence electrons. The largest absolute Gasteiger partial charge is 0.492 e. The van der Waals surface area contributed by atoms with Crippen molar-refractivity contribution in [3.05, 3.63) is 65.4 Å². The van der Waals surface area contributed by atoms with Gasteiger partial charge in [0, 0.05) is 56.9 Å². The van der Waals surface area contributed by atoms with E-state index in [4.69, 9.17) is 47.5 Å². The van der Waals surface area contributed by atoms with Gasteiger partial charge in [0.05, 0.1) is 66.1 Å². The zero-order chi connectivity index (χ0) is 33.8. The normalized spacial score (nSPS) is 15.8. The van der Waals surface area contributed by atoms with E-state index >= 15 is 0 Å². The Morgan fingerprint density at radius 2 is 1.40 bits per heavy atom. The van der Waals surface area contributed by atoms with Crippen LogP contribution in [0.2, 0.25) is 0 Å². The number of fused-ring (bicyclic) bond motifs is 1. The summed E-state index contributed by atoms with van der Waals surface area (Å²) >= 11 is 0. The summed E-state index contributed by atoms with van der Waals surface area (Å²) in [5, 5.41) is 13.2. The number of epoxide rings is 1. The molecule has 1 saturated heterocycles. The molecule has 14 heteroatoms. The third-order valence-corrected chi connectivity index (χ3v) is 7.51. The quantitative estimate of drug-likeness (QED) is 0.0470. The fourth-order valence-electron chi connectivity index (χ4n) is 4.92. The lowest BCUT2D eigenvalue weighted by atomic mass is 10.1. The van der Waals surface area contributed by atoms with Crippen molar-refractivity contribution in [2.45, 2.75) is 18.9 Å². The number of nitrogens with one attached hydrogen (secondary N) is 2. The molecule has 0 spiro atoms. The number of para-hydroxylation sites is 1. The fraction of sp³-hybridized carbons (Fsp3) is 0.559. The fourth-order valence-corrected chi connectivity index (χ4v) is 4.92. The number of hydrogen-bond donors (Lipinski definition) is 3. The highest BCUT2D eigenvalue weighted by Gasteiger charge is 2.44. The number of methoxy groups -OCH3 is 2. The Morgan fingerprint density at radius 1 is 0.792 bits per heavy atom. The Labute approximate surface area is 281 Å². The Bertz CT molecular complexity index is 1300. The minimum Gasteiger partial charge on any atom is -0.492 e. The first kappa shape index (κ1) is 37.7. The van der Waals surface area contributed by atoms with Crippen LogP contribution in [0.15, 0.2) is 52.9 Å². The van der Waals surface area contributed by atoms with Gasteiger partial charge >= 0.3 is 0 Å². The molecule has 0 radical (unpaired) electrons. The highest BCUT2D eigenvalue weighted by atomic mass is 16.6. The highest BCUT2D eigenvalue weighted by molar-refractivity contribution is 5.93. The number of ether oxygens (including phenoxy) is 8. The molecule has 0 aliphatic carbocycles. The monoisotopic (exact) mass is 675 g/mol. The van der Waals surface area contributed by atoms with Crippen LogP contribution in [0.25, 0.3) is 11.0 Å². The lowest BCUT2D eigenvalue weighted by Gasteiger charge is -2.22. The van der Waals surface area contributed by atoms with E-state index in [2.05, 4.69) is 16.3 Å². The predicted octanol–water partition coefficient (Wildman–Crippen LogP) is 2.78. The maximum Gasteiger partial charge on any atom is 0.274 e. The number of hydroxylamine groups is 1. The summed E-state index contributed by atoms with van der Waals surface area (Å²) in [7, 11) is 3.30. The molecular weight excluding hydrogens is 626 g/mol. The molecule has 3 aromatic rings. The van der Waals surface area contributed by atoms with E-state index in [9.17, 15) is 4.79 Å². The molecule has 0 saturated carbocycles. The SMILES string of the molecule is COCCOCCOCCN(CCOCCOCCOC)Cc1c(C2OC2NCCOc2ccc(C(=O)NO)cc2)oc2ccccc12. The lowest BCUT2D eigenvalue weighted by molar-refractivity contribution is 0.00842. The van der Waals surface area contributed by atoms with Crippen molar-refractivity contribution in [3.63, 3.8) is 0 Å². The van der Waals surface area contributed by atoms with Crippen LogP contribution in [0.5, 0.6) is 5.75 Å². The van der Waals surface area contributed by atoms with Crippen LogP contribution in [0.4, 0.5) is 0 Å². The van der Waals surface area contributed by atoms with Gasteiger partial charge in [-0.1, -0.05) is 18.2 Å². The van der Waals surface area contributed by atoms with E-state index in [1.54, 1.807) is 44.0 Å². The molecule has 14 nitrogen and oxygen atoms in total. The lowest BCUT2D eigenvalue weighted by Crippen LogP contribution is -2.31. The second-order valence-corrected chi connectivity index (χ2v) is 10.9. The van der Waals surface area contributed by atoms with Crippen LogP contribution in [0, 0.1) is 0 Å². The van der Waals surface area contributed by atoms with Crippen LogP contribution in [0.1, 0.15) is 27.8 Å². The summed E-state index contributed by atoms with van der Waals surface area (Å²) in [5.41, 5.74) is 3.84. The Hall–Kier alpha value is -3.15. The van der Waals surface area contributed by atoms with Crippen LogP contribution in [-0.2, 0) is 39.7 Å². The average Bonchev–Trinajstić information content (AvgIpc) is 3.80. The molecule has 2 aromatic carbocycles. The van der Waals surface area contributed by atoms with Crippen molar-refractivity contribution in [1.82, 2.24) is 15.7 Å². The van der Waals surface area contributed by atoms with E-state index < -0.39 is 5.91 Å². The molecule has 4 rings (SSSR count). The summed E-state index contributed by atoms with van der Waals surface area (Å²) in [6, 6.07) is 14.5. The van der Waals surface area contributed by atoms with Crippen LogP contribution < -0.4 is 15.5 Å². The number of benzene rings is 2. The van der Waals surface area contributed by atoms with Gasteiger partial charge in [0.25, 0.3) is 5.91 Å². The Morgan fingerprint density at radius 3 is 2.02 bits per heavy atom. The molecule has 1 fully saturated rings. The van der Waals surface area contributed by atoms with Gasteiger partial charge in [-0.3, -0.25) is 20.2 Å². The third kappa shape index (κ3) is 12.7. The van der Waals surface area contributed by atoms with Gasteiger partial charge in [-0.2, -0.15) is 0 Å². The molecule has 2 atom stereocenters. The van der Waals surface area contributed by atoms with E-state index in [1.165, 1.54) is 0 Å². The number of rotatable bonds is 27. The van der Waals surface area contributed by atoms with Crippen molar-refractivity contribution in [2.75, 3.05) is 107 Å². The zero-order valence-corrected chi connectivity index (χ0v) is 27.9. The second kappa shape index (κ2) is 21.7. The first-order chi connectivity index (χ1) is 23.6. The molecule has 1 aliphatic heterocycles. The van der Waals surface area contributed by atoms with Crippen molar-refractivity contribution in [3.8, 4) is 5.75 Å². The van der Waals surface area contributed by atoms with Crippen LogP contribution in [-0.4, -0.2) is 129 Å². The maximum atomic E-state index is 11.5. The van der Waals surface area contributed by atoms with Crippen molar-refractivity contribution < 1.29 is 52.3 Å². The van der Waals surface area contributed by atoms with E-state index in [1.807, 2.05) is 18.2 Å². The molecule has 1 aliphatic rings. The van der Waals surface area contributed by atoms with Gasteiger partial charge in [0.2, 0.25) is 0 Å². The van der Waals surface area contributed by atoms with Crippen molar-refractivity contribution in [1.29, 1.82) is 0 Å². The zero-order valence-electron chi connectivity index (χ0n) is 27.9. The molecule has 0 bridgehead atoms.